The van der Waals surface area contributed by atoms with Crippen molar-refractivity contribution >= 4 is 5.57 Å². The molecule has 0 radical (unpaired) electrons. The standard InChI is InChI=1S/C26H29FN4O4.C6H10F2.C5H12.3C2H6/c1-6-7-15(2)18-11-20(32-3)17(10-19(18)27)13-35-25-21(33-4)12-28-24(31-25)22-23(16-8-9-16)29-14-30-26(22)34-5;1-4-5(2)6(3,7)8;1-4-5(2)3;3*1-2/h7,10-12,14,16H,6,8-9,13H2,1-5H3;4H,1-3H3;5H,4H2,1-3H3;3*1-2H3/b15-7-;5-4+;;;;. The SMILES string of the molecule is C/C=C(\C)C(C)(F)F.CC.CC.CC.CC/C=C(/C)c1cc(OC)c(COc2nc(-c3c(OC)ncnc3C3CC3)ncc2OC)cc1F.CCC(C)C. The van der Waals surface area contributed by atoms with Crippen LogP contribution in [0.4, 0.5) is 13.2 Å². The lowest BCUT2D eigenvalue weighted by Crippen LogP contribution is -2.10. The maximum absolute atomic E-state index is 14.9. The van der Waals surface area contributed by atoms with E-state index in [9.17, 15) is 13.2 Å². The minimum atomic E-state index is -2.63. The fourth-order valence-corrected chi connectivity index (χ4v) is 4.15. The quantitative estimate of drug-likeness (QED) is 0.169. The molecule has 306 valence electrons. The van der Waals surface area contributed by atoms with E-state index in [2.05, 4.69) is 40.7 Å². The van der Waals surface area contributed by atoms with Gasteiger partial charge in [0.2, 0.25) is 5.88 Å². The number of rotatable bonds is 12. The summed E-state index contributed by atoms with van der Waals surface area (Å²) >= 11 is 0. The molecule has 0 unspecified atom stereocenters. The zero-order chi connectivity index (χ0) is 42.0. The lowest BCUT2D eigenvalue weighted by Gasteiger charge is -2.15. The van der Waals surface area contributed by atoms with Crippen LogP contribution in [0.15, 0.2) is 42.4 Å². The van der Waals surface area contributed by atoms with Gasteiger partial charge < -0.3 is 18.9 Å². The van der Waals surface area contributed by atoms with Crippen LogP contribution in [0.25, 0.3) is 17.0 Å². The van der Waals surface area contributed by atoms with Crippen LogP contribution >= 0.6 is 0 Å². The van der Waals surface area contributed by atoms with Gasteiger partial charge in [-0.3, -0.25) is 0 Å². The first-order chi connectivity index (χ1) is 25.7. The van der Waals surface area contributed by atoms with Crippen molar-refractivity contribution in [1.29, 1.82) is 0 Å². The molecule has 0 spiro atoms. The summed E-state index contributed by atoms with van der Waals surface area (Å²) in [6, 6.07) is 3.11. The molecule has 1 aliphatic rings. The summed E-state index contributed by atoms with van der Waals surface area (Å²) in [5.74, 6) is 0.0723. The van der Waals surface area contributed by atoms with Gasteiger partial charge in [-0.25, -0.2) is 28.1 Å². The molecule has 0 amide bonds. The van der Waals surface area contributed by atoms with Crippen molar-refractivity contribution in [2.24, 2.45) is 5.92 Å². The van der Waals surface area contributed by atoms with Crippen LogP contribution < -0.4 is 18.9 Å². The summed E-state index contributed by atoms with van der Waals surface area (Å²) in [6.45, 7) is 26.5. The number of ether oxygens (including phenoxy) is 4. The third-order valence-corrected chi connectivity index (χ3v) is 7.78. The van der Waals surface area contributed by atoms with Crippen LogP contribution in [0.5, 0.6) is 23.3 Å². The van der Waals surface area contributed by atoms with E-state index in [0.717, 1.165) is 43.4 Å². The molecule has 54 heavy (non-hydrogen) atoms. The molecule has 4 rings (SSSR count). The molecule has 3 aromatic rings. The molecule has 1 aliphatic carbocycles. The van der Waals surface area contributed by atoms with Gasteiger partial charge in [-0.05, 0) is 69.2 Å². The van der Waals surface area contributed by atoms with E-state index >= 15 is 0 Å². The predicted octanol–water partition coefficient (Wildman–Crippen LogP) is 13.1. The second-order valence-corrected chi connectivity index (χ2v) is 11.9. The molecule has 0 bridgehead atoms. The van der Waals surface area contributed by atoms with Crippen molar-refractivity contribution in [3.05, 3.63) is 65.0 Å². The van der Waals surface area contributed by atoms with E-state index in [1.54, 1.807) is 27.2 Å². The zero-order valence-corrected chi connectivity index (χ0v) is 36.2. The van der Waals surface area contributed by atoms with Crippen molar-refractivity contribution in [1.82, 2.24) is 19.9 Å². The minimum Gasteiger partial charge on any atom is -0.496 e. The maximum atomic E-state index is 14.9. The number of hydrogen-bond donors (Lipinski definition) is 0. The van der Waals surface area contributed by atoms with E-state index in [0.29, 0.717) is 45.8 Å². The van der Waals surface area contributed by atoms with Crippen molar-refractivity contribution in [3.63, 3.8) is 0 Å². The van der Waals surface area contributed by atoms with Gasteiger partial charge in [-0.2, -0.15) is 4.98 Å². The molecule has 1 aromatic carbocycles. The Bertz CT molecular complexity index is 1540. The van der Waals surface area contributed by atoms with Gasteiger partial charge in [0.15, 0.2) is 11.6 Å². The summed E-state index contributed by atoms with van der Waals surface area (Å²) in [5, 5.41) is 0. The molecular weight excluding hydrogens is 693 g/mol. The van der Waals surface area contributed by atoms with E-state index in [1.165, 1.54) is 45.1 Å². The molecule has 1 fully saturated rings. The van der Waals surface area contributed by atoms with Crippen LogP contribution in [-0.4, -0.2) is 47.2 Å². The van der Waals surface area contributed by atoms with Crippen LogP contribution in [-0.2, 0) is 6.61 Å². The first-order valence-electron chi connectivity index (χ1n) is 19.2. The fourth-order valence-electron chi connectivity index (χ4n) is 4.15. The molecule has 1 saturated carbocycles. The van der Waals surface area contributed by atoms with Crippen LogP contribution in [0.2, 0.25) is 0 Å². The van der Waals surface area contributed by atoms with Gasteiger partial charge in [0.05, 0.1) is 33.2 Å². The zero-order valence-electron chi connectivity index (χ0n) is 36.2. The van der Waals surface area contributed by atoms with Gasteiger partial charge in [0.25, 0.3) is 11.8 Å². The van der Waals surface area contributed by atoms with E-state index < -0.39 is 5.92 Å². The Morgan fingerprint density at radius 1 is 0.889 bits per heavy atom. The van der Waals surface area contributed by atoms with Crippen LogP contribution in [0.1, 0.15) is 145 Å². The van der Waals surface area contributed by atoms with Gasteiger partial charge in [-0.15, -0.1) is 0 Å². The monoisotopic (exact) mass is 763 g/mol. The van der Waals surface area contributed by atoms with Crippen molar-refractivity contribution in [2.75, 3.05) is 21.3 Å². The van der Waals surface area contributed by atoms with E-state index in [1.807, 2.05) is 61.5 Å². The highest BCUT2D eigenvalue weighted by Crippen LogP contribution is 2.45. The third-order valence-electron chi connectivity index (χ3n) is 7.78. The lowest BCUT2D eigenvalue weighted by atomic mass is 10.0. The average molecular weight is 763 g/mol. The highest BCUT2D eigenvalue weighted by Gasteiger charge is 2.32. The highest BCUT2D eigenvalue weighted by atomic mass is 19.3. The summed E-state index contributed by atoms with van der Waals surface area (Å²) in [6.07, 6.45) is 10.6. The number of allylic oxidation sites excluding steroid dienone is 4. The Kier molecular flexibility index (Phi) is 27.2. The van der Waals surface area contributed by atoms with Gasteiger partial charge >= 0.3 is 0 Å². The molecule has 0 atom stereocenters. The fraction of sp³-hybridized carbons (Fsp3) is 0.581. The number of benzene rings is 1. The molecule has 0 aliphatic heterocycles. The number of methoxy groups -OCH3 is 3. The molecule has 8 nitrogen and oxygen atoms in total. The molecule has 0 saturated heterocycles. The van der Waals surface area contributed by atoms with Gasteiger partial charge in [-0.1, -0.05) is 87.8 Å². The van der Waals surface area contributed by atoms with Crippen LogP contribution in [0, 0.1) is 11.7 Å². The topological polar surface area (TPSA) is 88.5 Å². The molecule has 0 N–H and O–H groups in total. The molecule has 11 heteroatoms. The Hall–Kier alpha value is -4.15. The number of hydrogen-bond acceptors (Lipinski definition) is 8. The van der Waals surface area contributed by atoms with E-state index in [4.69, 9.17) is 18.9 Å². The normalized spacial score (nSPS) is 12.1. The largest absolute Gasteiger partial charge is 0.496 e. The molecule has 2 heterocycles. The second-order valence-electron chi connectivity index (χ2n) is 11.9. The van der Waals surface area contributed by atoms with Crippen molar-refractivity contribution in [3.8, 4) is 34.6 Å². The third kappa shape index (κ3) is 17.3. The first-order valence-corrected chi connectivity index (χ1v) is 19.2. The molecule has 2 aromatic heterocycles. The van der Waals surface area contributed by atoms with Gasteiger partial charge in [0.1, 0.15) is 30.1 Å². The predicted molar refractivity (Wildman–Crippen MR) is 219 cm³/mol. The summed E-state index contributed by atoms with van der Waals surface area (Å²) in [7, 11) is 4.60. The summed E-state index contributed by atoms with van der Waals surface area (Å²) in [4.78, 5) is 17.7. The van der Waals surface area contributed by atoms with Gasteiger partial charge in [0, 0.05) is 24.0 Å². The number of alkyl halides is 2. The summed E-state index contributed by atoms with van der Waals surface area (Å²) < 4.78 is 61.4. The van der Waals surface area contributed by atoms with Crippen LogP contribution in [0.3, 0.4) is 0 Å². The maximum Gasteiger partial charge on any atom is 0.266 e. The summed E-state index contributed by atoms with van der Waals surface area (Å²) in [5.41, 5.74) is 3.50. The Morgan fingerprint density at radius 3 is 1.89 bits per heavy atom. The Morgan fingerprint density at radius 2 is 1.46 bits per heavy atom. The number of halogens is 3. The minimum absolute atomic E-state index is 0.0155. The Balaban J connectivity index is 0. The highest BCUT2D eigenvalue weighted by molar-refractivity contribution is 5.67. The Labute approximate surface area is 325 Å². The smallest absolute Gasteiger partial charge is 0.266 e. The van der Waals surface area contributed by atoms with Crippen molar-refractivity contribution < 1.29 is 32.1 Å². The first kappa shape index (κ1) is 52.0. The number of aromatic nitrogens is 4. The average Bonchev–Trinajstić information content (AvgIpc) is 4.04. The second kappa shape index (κ2) is 28.3. The number of nitrogens with zero attached hydrogens (tertiary/aromatic N) is 4. The van der Waals surface area contributed by atoms with E-state index in [-0.39, 0.29) is 23.9 Å². The van der Waals surface area contributed by atoms with Crippen molar-refractivity contribution in [2.45, 2.75) is 141 Å². The lowest BCUT2D eigenvalue weighted by molar-refractivity contribution is 0.0633. The molecular formula is C43H69F3N4O4.